The van der Waals surface area contributed by atoms with Crippen molar-refractivity contribution in [1.29, 1.82) is 0 Å². The molecule has 1 atom stereocenters. The van der Waals surface area contributed by atoms with Gasteiger partial charge in [-0.15, -0.1) is 0 Å². The number of aryl methyl sites for hydroxylation is 1. The van der Waals surface area contributed by atoms with Crippen LogP contribution in [0.15, 0.2) is 18.9 Å². The third-order valence-corrected chi connectivity index (χ3v) is 3.33. The minimum atomic E-state index is -0.0262. The van der Waals surface area contributed by atoms with Crippen LogP contribution in [0.3, 0.4) is 0 Å². The van der Waals surface area contributed by atoms with Crippen molar-refractivity contribution in [2.45, 2.75) is 25.3 Å². The number of amides is 1. The van der Waals surface area contributed by atoms with Crippen LogP contribution in [0.4, 0.5) is 0 Å². The standard InChI is InChI=1S/C12H17N3O/c1-4-12(16)14(2)10-6-5-7-11-9(10)8-13-15(11)3/h4,8,10H,1,5-7H2,2-3H3. The molecule has 0 saturated carbocycles. The van der Waals surface area contributed by atoms with Gasteiger partial charge in [0.1, 0.15) is 0 Å². The third kappa shape index (κ3) is 1.64. The molecule has 1 aliphatic carbocycles. The van der Waals surface area contributed by atoms with Crippen molar-refractivity contribution in [3.05, 3.63) is 30.1 Å². The summed E-state index contributed by atoms with van der Waals surface area (Å²) in [6, 6.07) is 0.156. The molecule has 1 amide bonds. The maximum Gasteiger partial charge on any atom is 0.246 e. The molecule has 1 unspecified atom stereocenters. The Hall–Kier alpha value is -1.58. The van der Waals surface area contributed by atoms with Gasteiger partial charge in [0.2, 0.25) is 5.91 Å². The molecule has 16 heavy (non-hydrogen) atoms. The van der Waals surface area contributed by atoms with Crippen LogP contribution in [-0.2, 0) is 18.3 Å². The summed E-state index contributed by atoms with van der Waals surface area (Å²) in [4.78, 5) is 13.4. The lowest BCUT2D eigenvalue weighted by Crippen LogP contribution is -2.31. The Bertz CT molecular complexity index is 422. The zero-order chi connectivity index (χ0) is 11.7. The molecule has 0 N–H and O–H groups in total. The van der Waals surface area contributed by atoms with E-state index in [1.165, 1.54) is 17.3 Å². The van der Waals surface area contributed by atoms with Gasteiger partial charge in [-0.3, -0.25) is 9.48 Å². The van der Waals surface area contributed by atoms with Crippen molar-refractivity contribution in [2.75, 3.05) is 7.05 Å². The second-order valence-electron chi connectivity index (χ2n) is 4.23. The van der Waals surface area contributed by atoms with Crippen molar-refractivity contribution in [2.24, 2.45) is 7.05 Å². The van der Waals surface area contributed by atoms with E-state index < -0.39 is 0 Å². The van der Waals surface area contributed by atoms with Crippen molar-refractivity contribution >= 4 is 5.91 Å². The van der Waals surface area contributed by atoms with Gasteiger partial charge in [-0.25, -0.2) is 0 Å². The molecule has 1 aromatic rings. The average Bonchev–Trinajstić information content (AvgIpc) is 2.69. The molecule has 1 aromatic heterocycles. The van der Waals surface area contributed by atoms with E-state index in [1.54, 1.807) is 4.90 Å². The molecule has 0 spiro atoms. The van der Waals surface area contributed by atoms with E-state index >= 15 is 0 Å². The molecular formula is C12H17N3O. The van der Waals surface area contributed by atoms with Gasteiger partial charge in [0, 0.05) is 25.4 Å². The maximum atomic E-state index is 11.6. The number of carbonyl (C=O) groups is 1. The van der Waals surface area contributed by atoms with Gasteiger partial charge in [0.15, 0.2) is 0 Å². The highest BCUT2D eigenvalue weighted by atomic mass is 16.2. The first-order valence-corrected chi connectivity index (χ1v) is 5.55. The van der Waals surface area contributed by atoms with Gasteiger partial charge >= 0.3 is 0 Å². The quantitative estimate of drug-likeness (QED) is 0.706. The zero-order valence-electron chi connectivity index (χ0n) is 9.81. The molecule has 1 heterocycles. The Morgan fingerprint density at radius 2 is 2.50 bits per heavy atom. The normalized spacial score (nSPS) is 19.0. The number of likely N-dealkylation sites (N-methyl/N-ethyl adjacent to an activating group) is 1. The molecule has 0 saturated heterocycles. The molecule has 0 radical (unpaired) electrons. The molecule has 2 rings (SSSR count). The van der Waals surface area contributed by atoms with E-state index in [1.807, 2.05) is 25.0 Å². The van der Waals surface area contributed by atoms with Crippen LogP contribution in [0.2, 0.25) is 0 Å². The van der Waals surface area contributed by atoms with Crippen LogP contribution in [0.25, 0.3) is 0 Å². The molecule has 86 valence electrons. The molecule has 0 aliphatic heterocycles. The number of fused-ring (bicyclic) bond motifs is 1. The monoisotopic (exact) mass is 219 g/mol. The minimum Gasteiger partial charge on any atom is -0.335 e. The first-order chi connectivity index (χ1) is 7.65. The van der Waals surface area contributed by atoms with Crippen molar-refractivity contribution in [3.63, 3.8) is 0 Å². The van der Waals surface area contributed by atoms with Crippen LogP contribution < -0.4 is 0 Å². The first kappa shape index (κ1) is 10.9. The number of aromatic nitrogens is 2. The molecule has 1 aliphatic rings. The van der Waals surface area contributed by atoms with Gasteiger partial charge in [-0.05, 0) is 25.3 Å². The summed E-state index contributed by atoms with van der Waals surface area (Å²) in [5.41, 5.74) is 2.44. The van der Waals surface area contributed by atoms with Crippen molar-refractivity contribution in [3.8, 4) is 0 Å². The minimum absolute atomic E-state index is 0.0262. The molecule has 0 bridgehead atoms. The highest BCUT2D eigenvalue weighted by molar-refractivity contribution is 5.87. The lowest BCUT2D eigenvalue weighted by Gasteiger charge is -2.30. The summed E-state index contributed by atoms with van der Waals surface area (Å²) in [6.45, 7) is 3.53. The Labute approximate surface area is 95.5 Å². The number of nitrogens with zero attached hydrogens (tertiary/aromatic N) is 3. The fourth-order valence-corrected chi connectivity index (χ4v) is 2.38. The van der Waals surface area contributed by atoms with Crippen molar-refractivity contribution < 1.29 is 4.79 Å². The predicted octanol–water partition coefficient (Wildman–Crippen LogP) is 1.44. The zero-order valence-corrected chi connectivity index (χ0v) is 9.81. The summed E-state index contributed by atoms with van der Waals surface area (Å²) in [7, 11) is 3.79. The fraction of sp³-hybridized carbons (Fsp3) is 0.500. The number of hydrogen-bond acceptors (Lipinski definition) is 2. The van der Waals surface area contributed by atoms with Crippen LogP contribution in [-0.4, -0.2) is 27.6 Å². The van der Waals surface area contributed by atoms with Crippen LogP contribution in [0.1, 0.15) is 30.1 Å². The van der Waals surface area contributed by atoms with Gasteiger partial charge in [0.05, 0.1) is 12.2 Å². The largest absolute Gasteiger partial charge is 0.335 e. The summed E-state index contributed by atoms with van der Waals surface area (Å²) < 4.78 is 1.91. The lowest BCUT2D eigenvalue weighted by molar-refractivity contribution is -0.127. The maximum absolute atomic E-state index is 11.6. The summed E-state index contributed by atoms with van der Waals surface area (Å²) in [5.74, 6) is -0.0262. The van der Waals surface area contributed by atoms with E-state index in [-0.39, 0.29) is 11.9 Å². The molecule has 4 nitrogen and oxygen atoms in total. The molecule has 0 aromatic carbocycles. The van der Waals surface area contributed by atoms with E-state index in [0.717, 1.165) is 19.3 Å². The van der Waals surface area contributed by atoms with Gasteiger partial charge < -0.3 is 4.90 Å². The Balaban J connectivity index is 2.31. The van der Waals surface area contributed by atoms with Gasteiger partial charge in [0.25, 0.3) is 0 Å². The molecule has 4 heteroatoms. The first-order valence-electron chi connectivity index (χ1n) is 5.55. The van der Waals surface area contributed by atoms with Crippen molar-refractivity contribution in [1.82, 2.24) is 14.7 Å². The van der Waals surface area contributed by atoms with E-state index in [9.17, 15) is 4.79 Å². The number of carbonyl (C=O) groups excluding carboxylic acids is 1. The second-order valence-corrected chi connectivity index (χ2v) is 4.23. The predicted molar refractivity (Wildman–Crippen MR) is 61.9 cm³/mol. The molecule has 0 fully saturated rings. The van der Waals surface area contributed by atoms with Crippen LogP contribution in [0, 0.1) is 0 Å². The van der Waals surface area contributed by atoms with E-state index in [0.29, 0.717) is 0 Å². The van der Waals surface area contributed by atoms with E-state index in [4.69, 9.17) is 0 Å². The van der Waals surface area contributed by atoms with Crippen LogP contribution in [0.5, 0.6) is 0 Å². The summed E-state index contributed by atoms with van der Waals surface area (Å²) in [5, 5.41) is 4.27. The highest BCUT2D eigenvalue weighted by Crippen LogP contribution is 2.33. The lowest BCUT2D eigenvalue weighted by atomic mass is 9.92. The topological polar surface area (TPSA) is 38.1 Å². The number of hydrogen-bond donors (Lipinski definition) is 0. The fourth-order valence-electron chi connectivity index (χ4n) is 2.38. The Morgan fingerprint density at radius 3 is 3.19 bits per heavy atom. The summed E-state index contributed by atoms with van der Waals surface area (Å²) >= 11 is 0. The van der Waals surface area contributed by atoms with E-state index in [2.05, 4.69) is 11.7 Å². The van der Waals surface area contributed by atoms with Gasteiger partial charge in [-0.2, -0.15) is 5.10 Å². The third-order valence-electron chi connectivity index (χ3n) is 3.33. The van der Waals surface area contributed by atoms with Gasteiger partial charge in [-0.1, -0.05) is 6.58 Å². The molecular weight excluding hydrogens is 202 g/mol. The van der Waals surface area contributed by atoms with Crippen LogP contribution >= 0.6 is 0 Å². The SMILES string of the molecule is C=CC(=O)N(C)C1CCCc2c1cnn2C. The highest BCUT2D eigenvalue weighted by Gasteiger charge is 2.27. The Kier molecular flexibility index (Phi) is 2.81. The smallest absolute Gasteiger partial charge is 0.246 e. The number of rotatable bonds is 2. The average molecular weight is 219 g/mol. The second kappa shape index (κ2) is 4.12. The summed E-state index contributed by atoms with van der Waals surface area (Å²) in [6.07, 6.45) is 6.41. The Morgan fingerprint density at radius 1 is 1.75 bits per heavy atom.